The summed E-state index contributed by atoms with van der Waals surface area (Å²) in [6.07, 6.45) is 0.745. The fourth-order valence-corrected chi connectivity index (χ4v) is 2.14. The normalized spacial score (nSPS) is 12.9. The molecule has 0 bridgehead atoms. The molecule has 23 heavy (non-hydrogen) atoms. The number of rotatable bonds is 8. The highest BCUT2D eigenvalue weighted by atomic mass is 16.5. The molecule has 128 valence electrons. The quantitative estimate of drug-likeness (QED) is 0.673. The van der Waals surface area contributed by atoms with Gasteiger partial charge in [0, 0.05) is 6.54 Å². The van der Waals surface area contributed by atoms with E-state index in [1.165, 1.54) is 0 Å². The third-order valence-electron chi connectivity index (χ3n) is 3.71. The van der Waals surface area contributed by atoms with Crippen LogP contribution in [0.15, 0.2) is 18.2 Å². The summed E-state index contributed by atoms with van der Waals surface area (Å²) in [7, 11) is 3.11. The highest BCUT2D eigenvalue weighted by Gasteiger charge is 2.24. The number of methoxy groups -OCH3 is 2. The molecule has 1 aromatic carbocycles. The Morgan fingerprint density at radius 1 is 1.22 bits per heavy atom. The molecule has 4 N–H and O–H groups in total. The predicted octanol–water partition coefficient (Wildman–Crippen LogP) is 1.40. The highest BCUT2D eigenvalue weighted by Crippen LogP contribution is 2.27. The van der Waals surface area contributed by atoms with Gasteiger partial charge in [-0.05, 0) is 23.6 Å². The number of primary amides is 1. The van der Waals surface area contributed by atoms with Crippen molar-refractivity contribution in [3.63, 3.8) is 0 Å². The van der Waals surface area contributed by atoms with Crippen LogP contribution in [0.2, 0.25) is 0 Å². The first kappa shape index (κ1) is 18.6. The van der Waals surface area contributed by atoms with Crippen LogP contribution in [0.5, 0.6) is 11.5 Å². The molecule has 1 aromatic rings. The molecule has 3 amide bonds. The number of hydrogen-bond donors (Lipinski definition) is 3. The number of nitrogens with two attached hydrogens (primary N) is 1. The van der Waals surface area contributed by atoms with E-state index in [4.69, 9.17) is 15.2 Å². The third kappa shape index (κ3) is 5.36. The van der Waals surface area contributed by atoms with Gasteiger partial charge in [-0.1, -0.05) is 26.3 Å². The number of urea groups is 1. The molecular weight excluding hydrogens is 298 g/mol. The molecule has 0 saturated heterocycles. The average molecular weight is 323 g/mol. The Kier molecular flexibility index (Phi) is 7.18. The van der Waals surface area contributed by atoms with Crippen molar-refractivity contribution in [2.24, 2.45) is 11.7 Å². The van der Waals surface area contributed by atoms with Crippen LogP contribution in [0.1, 0.15) is 25.8 Å². The van der Waals surface area contributed by atoms with E-state index < -0.39 is 12.1 Å². The lowest BCUT2D eigenvalue weighted by Crippen LogP contribution is -2.51. The molecule has 2 unspecified atom stereocenters. The summed E-state index contributed by atoms with van der Waals surface area (Å²) in [5.41, 5.74) is 6.00. The minimum Gasteiger partial charge on any atom is -0.493 e. The Balaban J connectivity index is 2.75. The Morgan fingerprint density at radius 2 is 1.87 bits per heavy atom. The summed E-state index contributed by atoms with van der Waals surface area (Å²) < 4.78 is 10.4. The Morgan fingerprint density at radius 3 is 2.39 bits per heavy atom. The Labute approximate surface area is 136 Å². The maximum Gasteiger partial charge on any atom is 0.312 e. The van der Waals surface area contributed by atoms with Gasteiger partial charge in [-0.3, -0.25) is 4.79 Å². The maximum absolute atomic E-state index is 12.3. The van der Waals surface area contributed by atoms with Gasteiger partial charge in [-0.25, -0.2) is 4.79 Å². The first-order valence-corrected chi connectivity index (χ1v) is 7.47. The van der Waals surface area contributed by atoms with Gasteiger partial charge >= 0.3 is 6.03 Å². The molecule has 0 saturated carbocycles. The zero-order valence-corrected chi connectivity index (χ0v) is 14.0. The molecule has 0 aromatic heterocycles. The number of amides is 3. The van der Waals surface area contributed by atoms with E-state index in [1.807, 2.05) is 19.9 Å². The lowest BCUT2D eigenvalue weighted by molar-refractivity contribution is -0.124. The van der Waals surface area contributed by atoms with Gasteiger partial charge in [0.05, 0.1) is 14.2 Å². The molecule has 0 fully saturated rings. The molecule has 0 radical (unpaired) electrons. The van der Waals surface area contributed by atoms with Gasteiger partial charge in [-0.2, -0.15) is 0 Å². The minimum atomic E-state index is -0.712. The molecule has 0 aliphatic carbocycles. The van der Waals surface area contributed by atoms with Crippen molar-refractivity contribution in [2.75, 3.05) is 14.2 Å². The minimum absolute atomic E-state index is 0.0205. The number of nitrogens with one attached hydrogen (secondary N) is 2. The van der Waals surface area contributed by atoms with E-state index >= 15 is 0 Å². The molecule has 0 aliphatic rings. The molecule has 1 rings (SSSR count). The molecule has 0 aliphatic heterocycles. The molecule has 0 spiro atoms. The van der Waals surface area contributed by atoms with Crippen molar-refractivity contribution in [2.45, 2.75) is 32.9 Å². The smallest absolute Gasteiger partial charge is 0.312 e. The zero-order valence-electron chi connectivity index (χ0n) is 14.0. The van der Waals surface area contributed by atoms with Crippen LogP contribution in [-0.4, -0.2) is 32.2 Å². The van der Waals surface area contributed by atoms with E-state index in [2.05, 4.69) is 10.6 Å². The van der Waals surface area contributed by atoms with Gasteiger partial charge in [-0.15, -0.1) is 0 Å². The standard InChI is InChI=1S/C16H25N3O4/c1-5-10(2)14(19-16(17)21)15(20)18-9-11-6-7-12(22-3)13(8-11)23-4/h6-8,10,14H,5,9H2,1-4H3,(H,18,20)(H3,17,19,21). The van der Waals surface area contributed by atoms with Crippen LogP contribution < -0.4 is 25.8 Å². The molecular formula is C16H25N3O4. The van der Waals surface area contributed by atoms with E-state index in [9.17, 15) is 9.59 Å². The van der Waals surface area contributed by atoms with Gasteiger partial charge in [0.15, 0.2) is 11.5 Å². The van der Waals surface area contributed by atoms with Crippen molar-refractivity contribution in [3.05, 3.63) is 23.8 Å². The van der Waals surface area contributed by atoms with E-state index in [1.54, 1.807) is 26.4 Å². The topological polar surface area (TPSA) is 103 Å². The average Bonchev–Trinajstić information content (AvgIpc) is 2.56. The number of carbonyl (C=O) groups excluding carboxylic acids is 2. The number of hydrogen-bond acceptors (Lipinski definition) is 4. The fourth-order valence-electron chi connectivity index (χ4n) is 2.14. The van der Waals surface area contributed by atoms with Crippen molar-refractivity contribution >= 4 is 11.9 Å². The lowest BCUT2D eigenvalue weighted by atomic mass is 9.98. The molecule has 7 heteroatoms. The largest absolute Gasteiger partial charge is 0.493 e. The van der Waals surface area contributed by atoms with E-state index in [-0.39, 0.29) is 11.8 Å². The number of benzene rings is 1. The summed E-state index contributed by atoms with van der Waals surface area (Å²) in [5.74, 6) is 0.921. The third-order valence-corrected chi connectivity index (χ3v) is 3.71. The van der Waals surface area contributed by atoms with Gasteiger partial charge in [0.1, 0.15) is 6.04 Å². The van der Waals surface area contributed by atoms with E-state index in [0.717, 1.165) is 12.0 Å². The first-order chi connectivity index (χ1) is 10.9. The second-order valence-electron chi connectivity index (χ2n) is 5.28. The summed E-state index contributed by atoms with van der Waals surface area (Å²) in [4.78, 5) is 23.4. The predicted molar refractivity (Wildman–Crippen MR) is 87.4 cm³/mol. The van der Waals surface area contributed by atoms with Crippen LogP contribution in [0, 0.1) is 5.92 Å². The van der Waals surface area contributed by atoms with Crippen molar-refractivity contribution < 1.29 is 19.1 Å². The summed E-state index contributed by atoms with van der Waals surface area (Å²) in [6.45, 7) is 4.14. The summed E-state index contributed by atoms with van der Waals surface area (Å²) in [6, 6.07) is 4.03. The van der Waals surface area contributed by atoms with Gasteiger partial charge in [0.25, 0.3) is 0 Å². The summed E-state index contributed by atoms with van der Waals surface area (Å²) in [5, 5.41) is 5.29. The van der Waals surface area contributed by atoms with Gasteiger partial charge < -0.3 is 25.8 Å². The Bertz CT molecular complexity index is 548. The summed E-state index contributed by atoms with van der Waals surface area (Å²) >= 11 is 0. The molecule has 2 atom stereocenters. The van der Waals surface area contributed by atoms with E-state index in [0.29, 0.717) is 18.0 Å². The van der Waals surface area contributed by atoms with Crippen molar-refractivity contribution in [1.82, 2.24) is 10.6 Å². The van der Waals surface area contributed by atoms with Crippen molar-refractivity contribution in [1.29, 1.82) is 0 Å². The SMILES string of the molecule is CCC(C)C(NC(N)=O)C(=O)NCc1ccc(OC)c(OC)c1. The van der Waals surface area contributed by atoms with Crippen LogP contribution in [0.3, 0.4) is 0 Å². The lowest BCUT2D eigenvalue weighted by Gasteiger charge is -2.22. The van der Waals surface area contributed by atoms with Gasteiger partial charge in [0.2, 0.25) is 5.91 Å². The first-order valence-electron chi connectivity index (χ1n) is 7.47. The highest BCUT2D eigenvalue weighted by molar-refractivity contribution is 5.86. The molecule has 7 nitrogen and oxygen atoms in total. The number of ether oxygens (including phenoxy) is 2. The van der Waals surface area contributed by atoms with Crippen LogP contribution in [-0.2, 0) is 11.3 Å². The monoisotopic (exact) mass is 323 g/mol. The van der Waals surface area contributed by atoms with Crippen LogP contribution >= 0.6 is 0 Å². The number of carbonyl (C=O) groups is 2. The van der Waals surface area contributed by atoms with Crippen molar-refractivity contribution in [3.8, 4) is 11.5 Å². The zero-order chi connectivity index (χ0) is 17.4. The maximum atomic E-state index is 12.3. The van der Waals surface area contributed by atoms with Crippen LogP contribution in [0.25, 0.3) is 0 Å². The Hall–Kier alpha value is -2.44. The second kappa shape index (κ2) is 8.87. The molecule has 0 heterocycles. The fraction of sp³-hybridized carbons (Fsp3) is 0.500. The van der Waals surface area contributed by atoms with Crippen LogP contribution in [0.4, 0.5) is 4.79 Å². The second-order valence-corrected chi connectivity index (χ2v) is 5.28.